The van der Waals surface area contributed by atoms with E-state index in [1.807, 2.05) is 6.20 Å². The first kappa shape index (κ1) is 11.9. The summed E-state index contributed by atoms with van der Waals surface area (Å²) in [6.07, 6.45) is 4.62. The minimum absolute atomic E-state index is 0.130. The zero-order valence-corrected chi connectivity index (χ0v) is 9.95. The predicted octanol–water partition coefficient (Wildman–Crippen LogP) is 0.213. The second-order valence-corrected chi connectivity index (χ2v) is 4.21. The summed E-state index contributed by atoms with van der Waals surface area (Å²) in [5, 5.41) is 12.7. The quantitative estimate of drug-likeness (QED) is 0.656. The molecule has 0 bridgehead atoms. The van der Waals surface area contributed by atoms with Crippen molar-refractivity contribution in [2.45, 2.75) is 25.3 Å². The maximum Gasteiger partial charge on any atom is 0.315 e. The molecule has 0 spiro atoms. The lowest BCUT2D eigenvalue weighted by Crippen LogP contribution is -2.45. The topological polar surface area (TPSA) is 79.0 Å². The molecule has 1 unspecified atom stereocenters. The largest absolute Gasteiger partial charge is 0.383 e. The number of urea groups is 1. The molecule has 1 aromatic rings. The van der Waals surface area contributed by atoms with E-state index in [-0.39, 0.29) is 12.1 Å². The van der Waals surface area contributed by atoms with Crippen molar-refractivity contribution in [2.24, 2.45) is 0 Å². The number of aromatic nitrogens is 2. The highest BCUT2D eigenvalue weighted by atomic mass is 16.5. The van der Waals surface area contributed by atoms with Gasteiger partial charge in [0, 0.05) is 31.8 Å². The highest BCUT2D eigenvalue weighted by molar-refractivity contribution is 5.74. The van der Waals surface area contributed by atoms with Gasteiger partial charge in [0.05, 0.1) is 12.8 Å². The van der Waals surface area contributed by atoms with Crippen LogP contribution in [0.3, 0.4) is 0 Å². The highest BCUT2D eigenvalue weighted by Crippen LogP contribution is 2.18. The van der Waals surface area contributed by atoms with Gasteiger partial charge in [-0.1, -0.05) is 0 Å². The zero-order valence-electron chi connectivity index (χ0n) is 9.95. The van der Waals surface area contributed by atoms with E-state index in [0.29, 0.717) is 13.2 Å². The average molecular weight is 238 g/mol. The number of amides is 2. The molecule has 6 heteroatoms. The molecule has 0 fully saturated rings. The van der Waals surface area contributed by atoms with E-state index in [1.54, 1.807) is 7.11 Å². The molecule has 1 aliphatic carbocycles. The molecule has 1 aromatic heterocycles. The van der Waals surface area contributed by atoms with Crippen molar-refractivity contribution < 1.29 is 9.53 Å². The number of carbonyl (C=O) groups is 1. The van der Waals surface area contributed by atoms with Crippen LogP contribution in [0.1, 0.15) is 17.7 Å². The number of nitrogens with zero attached hydrogens (tertiary/aromatic N) is 1. The molecular weight excluding hydrogens is 220 g/mol. The van der Waals surface area contributed by atoms with Gasteiger partial charge in [-0.25, -0.2) is 4.79 Å². The van der Waals surface area contributed by atoms with Gasteiger partial charge in [0.15, 0.2) is 0 Å². The van der Waals surface area contributed by atoms with Gasteiger partial charge in [-0.05, 0) is 18.4 Å². The van der Waals surface area contributed by atoms with E-state index in [4.69, 9.17) is 4.74 Å². The third-order valence-electron chi connectivity index (χ3n) is 2.95. The fourth-order valence-electron chi connectivity index (χ4n) is 2.03. The van der Waals surface area contributed by atoms with Crippen LogP contribution < -0.4 is 10.6 Å². The van der Waals surface area contributed by atoms with Crippen LogP contribution in [-0.4, -0.2) is 42.5 Å². The van der Waals surface area contributed by atoms with Crippen LogP contribution in [0.2, 0.25) is 0 Å². The Hall–Kier alpha value is -1.56. The maximum absolute atomic E-state index is 11.5. The normalized spacial score (nSPS) is 18.5. The molecule has 2 rings (SSSR count). The lowest BCUT2D eigenvalue weighted by atomic mass is 9.94. The Morgan fingerprint density at radius 3 is 3.41 bits per heavy atom. The van der Waals surface area contributed by atoms with Gasteiger partial charge in [0.1, 0.15) is 0 Å². The molecule has 94 valence electrons. The van der Waals surface area contributed by atoms with Gasteiger partial charge >= 0.3 is 6.03 Å². The van der Waals surface area contributed by atoms with Gasteiger partial charge in [-0.3, -0.25) is 5.10 Å². The van der Waals surface area contributed by atoms with Crippen molar-refractivity contribution in [1.29, 1.82) is 0 Å². The number of rotatable bonds is 4. The van der Waals surface area contributed by atoms with Gasteiger partial charge in [0.25, 0.3) is 0 Å². The van der Waals surface area contributed by atoms with Crippen molar-refractivity contribution in [3.8, 4) is 0 Å². The van der Waals surface area contributed by atoms with E-state index in [9.17, 15) is 4.79 Å². The van der Waals surface area contributed by atoms with Crippen molar-refractivity contribution in [3.63, 3.8) is 0 Å². The average Bonchev–Trinajstić information content (AvgIpc) is 2.76. The number of carbonyl (C=O) groups excluding carboxylic acids is 1. The molecule has 0 aliphatic heterocycles. The molecule has 2 amide bonds. The minimum Gasteiger partial charge on any atom is -0.383 e. The van der Waals surface area contributed by atoms with Gasteiger partial charge in [0.2, 0.25) is 0 Å². The van der Waals surface area contributed by atoms with E-state index in [2.05, 4.69) is 20.8 Å². The Kier molecular flexibility index (Phi) is 3.98. The monoisotopic (exact) mass is 238 g/mol. The molecule has 1 heterocycles. The van der Waals surface area contributed by atoms with Gasteiger partial charge in [-0.15, -0.1) is 0 Å². The Morgan fingerprint density at radius 1 is 1.71 bits per heavy atom. The van der Waals surface area contributed by atoms with Crippen LogP contribution in [0.5, 0.6) is 0 Å². The Labute approximate surface area is 100 Å². The lowest BCUT2D eigenvalue weighted by Gasteiger charge is -2.22. The molecular formula is C11H18N4O2. The number of aromatic amines is 1. The SMILES string of the molecule is COCCNC(=O)NC1CCc2cn[nH]c2C1. The highest BCUT2D eigenvalue weighted by Gasteiger charge is 2.21. The van der Waals surface area contributed by atoms with Crippen molar-refractivity contribution >= 4 is 6.03 Å². The van der Waals surface area contributed by atoms with E-state index in [0.717, 1.165) is 25.0 Å². The van der Waals surface area contributed by atoms with Crippen LogP contribution in [-0.2, 0) is 17.6 Å². The number of ether oxygens (including phenoxy) is 1. The molecule has 0 aromatic carbocycles. The first-order valence-electron chi connectivity index (χ1n) is 5.84. The zero-order chi connectivity index (χ0) is 12.1. The van der Waals surface area contributed by atoms with Crippen LogP contribution in [0, 0.1) is 0 Å². The number of hydrogen-bond donors (Lipinski definition) is 3. The van der Waals surface area contributed by atoms with Crippen molar-refractivity contribution in [1.82, 2.24) is 20.8 Å². The molecule has 3 N–H and O–H groups in total. The van der Waals surface area contributed by atoms with E-state index in [1.165, 1.54) is 5.56 Å². The summed E-state index contributed by atoms with van der Waals surface area (Å²) in [7, 11) is 1.61. The predicted molar refractivity (Wildman–Crippen MR) is 62.8 cm³/mol. The first-order chi connectivity index (χ1) is 8.29. The smallest absolute Gasteiger partial charge is 0.315 e. The molecule has 0 radical (unpaired) electrons. The molecule has 1 aliphatic rings. The molecule has 0 saturated heterocycles. The second-order valence-electron chi connectivity index (χ2n) is 4.21. The summed E-state index contributed by atoms with van der Waals surface area (Å²) in [5.41, 5.74) is 2.40. The minimum atomic E-state index is -0.130. The number of hydrogen-bond acceptors (Lipinski definition) is 3. The maximum atomic E-state index is 11.5. The molecule has 6 nitrogen and oxygen atoms in total. The summed E-state index contributed by atoms with van der Waals surface area (Å²) in [5.74, 6) is 0. The number of methoxy groups -OCH3 is 1. The Morgan fingerprint density at radius 2 is 2.59 bits per heavy atom. The van der Waals surface area contributed by atoms with Crippen LogP contribution in [0.25, 0.3) is 0 Å². The van der Waals surface area contributed by atoms with E-state index < -0.39 is 0 Å². The van der Waals surface area contributed by atoms with Crippen molar-refractivity contribution in [2.75, 3.05) is 20.3 Å². The third-order valence-corrected chi connectivity index (χ3v) is 2.95. The number of nitrogens with one attached hydrogen (secondary N) is 3. The first-order valence-corrected chi connectivity index (χ1v) is 5.84. The van der Waals surface area contributed by atoms with Crippen LogP contribution in [0.4, 0.5) is 4.79 Å². The second kappa shape index (κ2) is 5.67. The van der Waals surface area contributed by atoms with Crippen LogP contribution >= 0.6 is 0 Å². The number of aryl methyl sites for hydroxylation is 1. The van der Waals surface area contributed by atoms with Gasteiger partial charge in [-0.2, -0.15) is 5.10 Å². The van der Waals surface area contributed by atoms with Crippen molar-refractivity contribution in [3.05, 3.63) is 17.5 Å². The fourth-order valence-corrected chi connectivity index (χ4v) is 2.03. The summed E-state index contributed by atoms with van der Waals surface area (Å²) in [6.45, 7) is 1.06. The number of H-pyrrole nitrogens is 1. The van der Waals surface area contributed by atoms with Gasteiger partial charge < -0.3 is 15.4 Å². The molecule has 17 heavy (non-hydrogen) atoms. The summed E-state index contributed by atoms with van der Waals surface area (Å²) in [4.78, 5) is 11.5. The Bertz CT molecular complexity index is 377. The van der Waals surface area contributed by atoms with Crippen LogP contribution in [0.15, 0.2) is 6.20 Å². The molecule has 1 atom stereocenters. The standard InChI is InChI=1S/C11H18N4O2/c1-17-5-4-12-11(16)14-9-3-2-8-7-13-15-10(8)6-9/h7,9H,2-6H2,1H3,(H,13,15)(H2,12,14,16). The van der Waals surface area contributed by atoms with E-state index >= 15 is 0 Å². The molecule has 0 saturated carbocycles. The fraction of sp³-hybridized carbons (Fsp3) is 0.636. The summed E-state index contributed by atoms with van der Waals surface area (Å²) < 4.78 is 4.86. The Balaban J connectivity index is 1.76. The lowest BCUT2D eigenvalue weighted by molar-refractivity contribution is 0.194. The summed E-state index contributed by atoms with van der Waals surface area (Å²) in [6, 6.07) is 0.0560. The third kappa shape index (κ3) is 3.20. The summed E-state index contributed by atoms with van der Waals surface area (Å²) >= 11 is 0. The number of fused-ring (bicyclic) bond motifs is 1.